The second-order valence-corrected chi connectivity index (χ2v) is 15.3. The van der Waals surface area contributed by atoms with Gasteiger partial charge in [-0.1, -0.05) is 29.3 Å². The van der Waals surface area contributed by atoms with Gasteiger partial charge in [0.25, 0.3) is 5.91 Å². The summed E-state index contributed by atoms with van der Waals surface area (Å²) in [5, 5.41) is 4.97. The number of hydrogen-bond acceptors (Lipinski definition) is 7. The molecule has 3 aromatic rings. The zero-order valence-corrected chi connectivity index (χ0v) is 27.1. The summed E-state index contributed by atoms with van der Waals surface area (Å²) in [5.74, 6) is -1.02. The molecule has 0 spiro atoms. The van der Waals surface area contributed by atoms with Crippen LogP contribution in [-0.4, -0.2) is 60.8 Å². The highest BCUT2D eigenvalue weighted by Gasteiger charge is 2.50. The maximum absolute atomic E-state index is 15.3. The van der Waals surface area contributed by atoms with Crippen LogP contribution in [0.4, 0.5) is 10.1 Å². The number of halogens is 3. The Morgan fingerprint density at radius 1 is 1.11 bits per heavy atom. The number of nitrogens with zero attached hydrogens (tertiary/aromatic N) is 3. The molecule has 7 rings (SSSR count). The molecule has 1 N–H and O–H groups in total. The molecule has 2 saturated carbocycles. The van der Waals surface area contributed by atoms with Gasteiger partial charge in [0, 0.05) is 36.9 Å². The van der Waals surface area contributed by atoms with Crippen molar-refractivity contribution in [3.05, 3.63) is 75.3 Å². The van der Waals surface area contributed by atoms with Crippen LogP contribution in [0, 0.1) is 11.7 Å². The molecular formula is C32H35Cl2FN4O5S. The lowest BCUT2D eigenvalue weighted by atomic mass is 9.96. The van der Waals surface area contributed by atoms with Gasteiger partial charge in [0.1, 0.15) is 11.5 Å². The maximum Gasteiger partial charge on any atom is 0.267 e. The SMILES string of the molecule is C[C@@H]1[C@@H]2C[C@@H](C[C@H]2OCc2c(C3CC3)cnn2-c2c(Cl)cccc2Cl)N1c1ccc(C(=O)NS(=O)(=O)C2CCOCC2)c(F)c1. The van der Waals surface area contributed by atoms with Gasteiger partial charge in [-0.15, -0.1) is 0 Å². The van der Waals surface area contributed by atoms with Crippen LogP contribution in [-0.2, 0) is 26.1 Å². The molecular weight excluding hydrogens is 642 g/mol. The molecule has 4 aliphatic rings. The molecule has 4 fully saturated rings. The number of hydrogen-bond donors (Lipinski definition) is 1. The van der Waals surface area contributed by atoms with Gasteiger partial charge in [0.2, 0.25) is 10.0 Å². The quantitative estimate of drug-likeness (QED) is 0.296. The number of rotatable bonds is 9. The van der Waals surface area contributed by atoms with E-state index in [0.717, 1.165) is 31.4 Å². The summed E-state index contributed by atoms with van der Waals surface area (Å²) < 4.78 is 56.3. The van der Waals surface area contributed by atoms with E-state index in [9.17, 15) is 13.2 Å². The average Bonchev–Trinajstić information content (AvgIpc) is 3.52. The largest absolute Gasteiger partial charge is 0.381 e. The number of carbonyl (C=O) groups excluding carboxylic acids is 1. The van der Waals surface area contributed by atoms with Gasteiger partial charge < -0.3 is 14.4 Å². The fourth-order valence-electron chi connectivity index (χ4n) is 7.36. The van der Waals surface area contributed by atoms with Gasteiger partial charge in [0.15, 0.2) is 0 Å². The molecule has 9 nitrogen and oxygen atoms in total. The Labute approximate surface area is 272 Å². The summed E-state index contributed by atoms with van der Waals surface area (Å²) in [5.41, 5.74) is 3.16. The van der Waals surface area contributed by atoms with E-state index in [4.69, 9.17) is 32.7 Å². The Balaban J connectivity index is 1.03. The number of anilines is 1. The van der Waals surface area contributed by atoms with E-state index in [0.29, 0.717) is 60.0 Å². The summed E-state index contributed by atoms with van der Waals surface area (Å²) >= 11 is 13.1. The summed E-state index contributed by atoms with van der Waals surface area (Å²) in [6.07, 6.45) is 6.45. The molecule has 2 aliphatic carbocycles. The Morgan fingerprint density at radius 3 is 2.51 bits per heavy atom. The Kier molecular flexibility index (Phi) is 8.35. The highest BCUT2D eigenvalue weighted by molar-refractivity contribution is 7.90. The van der Waals surface area contributed by atoms with Crippen molar-refractivity contribution >= 4 is 44.8 Å². The molecule has 0 radical (unpaired) electrons. The standard InChI is InChI=1S/C32H35Cl2FN4O5S/c1-18-24-13-21(38(18)20-7-8-23(28(35)14-20)32(40)37-45(41,42)22-9-11-43-12-10-22)15-30(24)44-17-29-25(19-5-6-19)16-36-39(29)31-26(33)3-2-4-27(31)34/h2-4,7-8,14,16,18-19,21-22,24,30H,5-6,9-13,15,17H2,1H3,(H,37,40)/t18-,21+,24+,30-/m1/s1. The van der Waals surface area contributed by atoms with Gasteiger partial charge in [0.05, 0.1) is 45.5 Å². The normalized spacial score (nSPS) is 25.2. The van der Waals surface area contributed by atoms with E-state index >= 15 is 4.39 Å². The van der Waals surface area contributed by atoms with Gasteiger partial charge >= 0.3 is 0 Å². The van der Waals surface area contributed by atoms with Gasteiger partial charge in [-0.3, -0.25) is 4.79 Å². The highest BCUT2D eigenvalue weighted by Crippen LogP contribution is 2.47. The lowest BCUT2D eigenvalue weighted by Gasteiger charge is -2.39. The summed E-state index contributed by atoms with van der Waals surface area (Å²) in [4.78, 5) is 15.0. The molecule has 2 bridgehead atoms. The first kappa shape index (κ1) is 30.9. The molecule has 4 atom stereocenters. The first-order valence-corrected chi connectivity index (χ1v) is 17.8. The molecule has 1 amide bonds. The molecule has 3 heterocycles. The van der Waals surface area contributed by atoms with Crippen LogP contribution in [0.1, 0.15) is 73.0 Å². The monoisotopic (exact) mass is 676 g/mol. The van der Waals surface area contributed by atoms with Crippen LogP contribution < -0.4 is 9.62 Å². The minimum absolute atomic E-state index is 0.0173. The summed E-state index contributed by atoms with van der Waals surface area (Å²) in [6, 6.07) is 10.0. The van der Waals surface area contributed by atoms with E-state index in [-0.39, 0.29) is 29.7 Å². The maximum atomic E-state index is 15.3. The molecule has 1 aromatic heterocycles. The lowest BCUT2D eigenvalue weighted by Crippen LogP contribution is -2.45. The van der Waals surface area contributed by atoms with Crippen LogP contribution in [0.25, 0.3) is 5.69 Å². The van der Waals surface area contributed by atoms with Crippen molar-refractivity contribution in [2.75, 3.05) is 18.1 Å². The first-order chi connectivity index (χ1) is 21.6. The number of benzene rings is 2. The van der Waals surface area contributed by atoms with Gasteiger partial charge in [-0.2, -0.15) is 5.10 Å². The van der Waals surface area contributed by atoms with E-state index < -0.39 is 27.0 Å². The average molecular weight is 678 g/mol. The third-order valence-corrected chi connectivity index (χ3v) is 12.2. The number of nitrogens with one attached hydrogen (secondary N) is 1. The molecule has 2 saturated heterocycles. The van der Waals surface area contributed by atoms with Crippen LogP contribution >= 0.6 is 23.2 Å². The minimum atomic E-state index is -3.93. The number of carbonyl (C=O) groups is 1. The van der Waals surface area contributed by atoms with E-state index in [1.165, 1.54) is 17.7 Å². The summed E-state index contributed by atoms with van der Waals surface area (Å²) in [7, 11) is -3.93. The minimum Gasteiger partial charge on any atom is -0.381 e. The molecule has 2 aliphatic heterocycles. The van der Waals surface area contributed by atoms with Gasteiger partial charge in [-0.05, 0) is 87.3 Å². The lowest BCUT2D eigenvalue weighted by molar-refractivity contribution is 0.00148. The van der Waals surface area contributed by atoms with Crippen LogP contribution in [0.15, 0.2) is 42.6 Å². The number of ether oxygens (including phenoxy) is 2. The zero-order chi connectivity index (χ0) is 31.5. The smallest absolute Gasteiger partial charge is 0.267 e. The fourth-order valence-corrected chi connectivity index (χ4v) is 9.26. The summed E-state index contributed by atoms with van der Waals surface area (Å²) in [6.45, 7) is 3.12. The van der Waals surface area contributed by atoms with Crippen molar-refractivity contribution in [3.63, 3.8) is 0 Å². The number of para-hydroxylation sites is 1. The molecule has 13 heteroatoms. The van der Waals surface area contributed by atoms with E-state index in [1.807, 2.05) is 16.9 Å². The Hall–Kier alpha value is -2.70. The van der Waals surface area contributed by atoms with Crippen molar-refractivity contribution in [3.8, 4) is 5.69 Å². The first-order valence-electron chi connectivity index (χ1n) is 15.5. The predicted octanol–water partition coefficient (Wildman–Crippen LogP) is 6.01. The van der Waals surface area contributed by atoms with E-state index in [2.05, 4.69) is 21.6 Å². The van der Waals surface area contributed by atoms with Crippen molar-refractivity contribution in [1.29, 1.82) is 0 Å². The third kappa shape index (κ3) is 5.86. The molecule has 45 heavy (non-hydrogen) atoms. The Bertz CT molecular complexity index is 1700. The van der Waals surface area contributed by atoms with Crippen molar-refractivity contribution in [1.82, 2.24) is 14.5 Å². The number of amides is 1. The topological polar surface area (TPSA) is 103 Å². The second-order valence-electron chi connectivity index (χ2n) is 12.5. The second kappa shape index (κ2) is 12.2. The third-order valence-electron chi connectivity index (χ3n) is 9.82. The number of piperidine rings is 1. The highest BCUT2D eigenvalue weighted by atomic mass is 35.5. The van der Waals surface area contributed by atoms with Crippen LogP contribution in [0.5, 0.6) is 0 Å². The van der Waals surface area contributed by atoms with Gasteiger partial charge in [-0.25, -0.2) is 22.2 Å². The number of aromatic nitrogens is 2. The number of sulfonamides is 1. The molecule has 240 valence electrons. The predicted molar refractivity (Wildman–Crippen MR) is 169 cm³/mol. The van der Waals surface area contributed by atoms with Crippen molar-refractivity contribution in [2.24, 2.45) is 5.92 Å². The van der Waals surface area contributed by atoms with E-state index in [1.54, 1.807) is 18.2 Å². The van der Waals surface area contributed by atoms with Crippen LogP contribution in [0.3, 0.4) is 0 Å². The van der Waals surface area contributed by atoms with Crippen LogP contribution in [0.2, 0.25) is 10.0 Å². The number of fused-ring (bicyclic) bond motifs is 2. The fraction of sp³-hybridized carbons (Fsp3) is 0.500. The van der Waals surface area contributed by atoms with Crippen molar-refractivity contribution in [2.45, 2.75) is 81.4 Å². The Morgan fingerprint density at radius 2 is 1.84 bits per heavy atom. The zero-order valence-electron chi connectivity index (χ0n) is 24.8. The molecule has 2 aromatic carbocycles. The molecule has 0 unspecified atom stereocenters. The van der Waals surface area contributed by atoms with Crippen molar-refractivity contribution < 1.29 is 27.1 Å².